The molecule has 0 radical (unpaired) electrons. The summed E-state index contributed by atoms with van der Waals surface area (Å²) >= 11 is 0. The second kappa shape index (κ2) is 3.56. The topological polar surface area (TPSA) is 91.9 Å². The highest BCUT2D eigenvalue weighted by Gasteiger charge is 2.30. The summed E-state index contributed by atoms with van der Waals surface area (Å²) in [5, 5.41) is 18.0. The quantitative estimate of drug-likeness (QED) is 0.858. The van der Waals surface area contributed by atoms with Gasteiger partial charge in [0.1, 0.15) is 5.82 Å². The van der Waals surface area contributed by atoms with E-state index in [1.54, 1.807) is 10.6 Å². The maximum Gasteiger partial charge on any atom is 0.356 e. The van der Waals surface area contributed by atoms with Crippen LogP contribution in [-0.2, 0) is 0 Å². The van der Waals surface area contributed by atoms with Crippen LogP contribution in [0.4, 0.5) is 0 Å². The van der Waals surface area contributed by atoms with E-state index < -0.39 is 11.9 Å². The predicted molar refractivity (Wildman–Crippen MR) is 61.1 cm³/mol. The standard InChI is InChI=1S/C12H10N2O4/c15-11(16)7-3-4-14-8(5-7)9(12(17)18)13-10(14)6-1-2-6/h3-6H,1-2H2,(H,15,16)(H,17,18). The number of carboxylic acids is 2. The number of nitrogens with zero attached hydrogens (tertiary/aromatic N) is 2. The highest BCUT2D eigenvalue weighted by molar-refractivity contribution is 5.96. The molecule has 2 aromatic heterocycles. The van der Waals surface area contributed by atoms with Crippen molar-refractivity contribution < 1.29 is 19.8 Å². The minimum Gasteiger partial charge on any atom is -0.478 e. The number of carboxylic acid groups (broad SMARTS) is 2. The SMILES string of the molecule is O=C(O)c1ccn2c(C3CC3)nc(C(=O)O)c2c1. The van der Waals surface area contributed by atoms with Crippen molar-refractivity contribution in [2.45, 2.75) is 18.8 Å². The van der Waals surface area contributed by atoms with E-state index in [1.165, 1.54) is 12.1 Å². The van der Waals surface area contributed by atoms with Crippen LogP contribution in [0.25, 0.3) is 5.52 Å². The van der Waals surface area contributed by atoms with Crippen molar-refractivity contribution in [3.05, 3.63) is 35.4 Å². The van der Waals surface area contributed by atoms with Gasteiger partial charge in [0.2, 0.25) is 0 Å². The van der Waals surface area contributed by atoms with Crippen LogP contribution in [0.15, 0.2) is 18.3 Å². The van der Waals surface area contributed by atoms with E-state index >= 15 is 0 Å². The Morgan fingerprint density at radius 2 is 2.00 bits per heavy atom. The third-order valence-electron chi connectivity index (χ3n) is 3.06. The first-order chi connectivity index (χ1) is 8.58. The summed E-state index contributed by atoms with van der Waals surface area (Å²) < 4.78 is 1.67. The van der Waals surface area contributed by atoms with Gasteiger partial charge in [0.05, 0.1) is 11.1 Å². The number of hydrogen-bond acceptors (Lipinski definition) is 3. The zero-order valence-corrected chi connectivity index (χ0v) is 9.33. The molecule has 1 saturated carbocycles. The molecule has 2 N–H and O–H groups in total. The number of carbonyl (C=O) groups is 2. The molecule has 6 heteroatoms. The molecular formula is C12H10N2O4. The average Bonchev–Trinajstić information content (AvgIpc) is 3.09. The third kappa shape index (κ3) is 1.54. The minimum atomic E-state index is -1.14. The zero-order valence-electron chi connectivity index (χ0n) is 9.33. The van der Waals surface area contributed by atoms with Gasteiger partial charge in [-0.3, -0.25) is 0 Å². The van der Waals surface area contributed by atoms with Crippen molar-refractivity contribution in [3.8, 4) is 0 Å². The fourth-order valence-corrected chi connectivity index (χ4v) is 2.03. The van der Waals surface area contributed by atoms with Gasteiger partial charge < -0.3 is 14.6 Å². The van der Waals surface area contributed by atoms with E-state index in [0.29, 0.717) is 17.3 Å². The molecule has 2 aromatic rings. The number of aromatic nitrogens is 2. The van der Waals surface area contributed by atoms with Crippen molar-refractivity contribution in [1.29, 1.82) is 0 Å². The summed E-state index contributed by atoms with van der Waals surface area (Å²) in [5.41, 5.74) is 0.316. The number of fused-ring (bicyclic) bond motifs is 1. The summed E-state index contributed by atoms with van der Waals surface area (Å²) in [5.74, 6) is -1.22. The molecule has 0 saturated heterocycles. The first kappa shape index (κ1) is 10.8. The molecule has 0 atom stereocenters. The van der Waals surface area contributed by atoms with Gasteiger partial charge in [0.15, 0.2) is 5.69 Å². The summed E-state index contributed by atoms with van der Waals surface area (Å²) in [6, 6.07) is 2.80. The van der Waals surface area contributed by atoms with Crippen molar-refractivity contribution in [2.24, 2.45) is 0 Å². The van der Waals surface area contributed by atoms with E-state index in [9.17, 15) is 9.59 Å². The van der Waals surface area contributed by atoms with Crippen LogP contribution in [0.3, 0.4) is 0 Å². The molecule has 6 nitrogen and oxygen atoms in total. The summed E-state index contributed by atoms with van der Waals surface area (Å²) in [7, 11) is 0. The van der Waals surface area contributed by atoms with Gasteiger partial charge in [-0.25, -0.2) is 14.6 Å². The van der Waals surface area contributed by atoms with E-state index in [0.717, 1.165) is 12.8 Å². The lowest BCUT2D eigenvalue weighted by molar-refractivity contribution is 0.0682. The third-order valence-corrected chi connectivity index (χ3v) is 3.06. The molecule has 18 heavy (non-hydrogen) atoms. The lowest BCUT2D eigenvalue weighted by Gasteiger charge is -2.00. The fraction of sp³-hybridized carbons (Fsp3) is 0.250. The van der Waals surface area contributed by atoms with Gasteiger partial charge in [0.25, 0.3) is 0 Å². The molecule has 0 aromatic carbocycles. The highest BCUT2D eigenvalue weighted by Crippen LogP contribution is 2.40. The highest BCUT2D eigenvalue weighted by atomic mass is 16.4. The lowest BCUT2D eigenvalue weighted by atomic mass is 10.2. The van der Waals surface area contributed by atoms with Gasteiger partial charge >= 0.3 is 11.9 Å². The fourth-order valence-electron chi connectivity index (χ4n) is 2.03. The molecule has 1 aliphatic carbocycles. The van der Waals surface area contributed by atoms with Gasteiger partial charge in [-0.05, 0) is 25.0 Å². The largest absolute Gasteiger partial charge is 0.478 e. The smallest absolute Gasteiger partial charge is 0.356 e. The van der Waals surface area contributed by atoms with Gasteiger partial charge in [-0.2, -0.15) is 0 Å². The zero-order chi connectivity index (χ0) is 12.9. The molecule has 0 unspecified atom stereocenters. The monoisotopic (exact) mass is 246 g/mol. The van der Waals surface area contributed by atoms with Crippen LogP contribution in [0.1, 0.15) is 45.4 Å². The Kier molecular flexibility index (Phi) is 2.13. The first-order valence-electron chi connectivity index (χ1n) is 5.56. The Morgan fingerprint density at radius 3 is 2.56 bits per heavy atom. The van der Waals surface area contributed by atoms with E-state index in [4.69, 9.17) is 10.2 Å². The minimum absolute atomic E-state index is 0.0623. The van der Waals surface area contributed by atoms with Gasteiger partial charge in [-0.15, -0.1) is 0 Å². The molecular weight excluding hydrogens is 236 g/mol. The lowest BCUT2D eigenvalue weighted by Crippen LogP contribution is -2.00. The average molecular weight is 246 g/mol. The number of pyridine rings is 1. The van der Waals surface area contributed by atoms with Gasteiger partial charge in [-0.1, -0.05) is 0 Å². The Hall–Kier alpha value is -2.37. The molecule has 0 spiro atoms. The van der Waals surface area contributed by atoms with E-state index in [1.807, 2.05) is 0 Å². The predicted octanol–water partition coefficient (Wildman–Crippen LogP) is 1.61. The Balaban J connectivity index is 2.28. The van der Waals surface area contributed by atoms with Crippen molar-refractivity contribution in [2.75, 3.05) is 0 Å². The van der Waals surface area contributed by atoms with E-state index in [2.05, 4.69) is 4.98 Å². The number of hydrogen-bond donors (Lipinski definition) is 2. The van der Waals surface area contributed by atoms with Crippen LogP contribution in [0, 0.1) is 0 Å². The summed E-state index contributed by atoms with van der Waals surface area (Å²) in [6.45, 7) is 0. The van der Waals surface area contributed by atoms with Crippen LogP contribution in [0.5, 0.6) is 0 Å². The van der Waals surface area contributed by atoms with Crippen molar-refractivity contribution in [1.82, 2.24) is 9.38 Å². The van der Waals surface area contributed by atoms with E-state index in [-0.39, 0.29) is 11.3 Å². The molecule has 3 rings (SSSR count). The second-order valence-electron chi connectivity index (χ2n) is 4.37. The first-order valence-corrected chi connectivity index (χ1v) is 5.56. The van der Waals surface area contributed by atoms with Crippen LogP contribution in [-0.4, -0.2) is 31.5 Å². The number of imidazole rings is 1. The molecule has 0 bridgehead atoms. The Morgan fingerprint density at radius 1 is 1.28 bits per heavy atom. The van der Waals surface area contributed by atoms with Crippen LogP contribution < -0.4 is 0 Å². The Bertz CT molecular complexity index is 670. The summed E-state index contributed by atoms with van der Waals surface area (Å²) in [6.07, 6.45) is 3.57. The van der Waals surface area contributed by atoms with Crippen LogP contribution >= 0.6 is 0 Å². The normalized spacial score (nSPS) is 14.9. The Labute approximate surface area is 101 Å². The summed E-state index contributed by atoms with van der Waals surface area (Å²) in [4.78, 5) is 26.2. The van der Waals surface area contributed by atoms with Gasteiger partial charge in [0, 0.05) is 12.1 Å². The molecule has 1 fully saturated rings. The molecule has 2 heterocycles. The van der Waals surface area contributed by atoms with Crippen molar-refractivity contribution >= 4 is 17.5 Å². The molecule has 0 aliphatic heterocycles. The molecule has 1 aliphatic rings. The molecule has 0 amide bonds. The number of rotatable bonds is 3. The molecule has 92 valence electrons. The maximum absolute atomic E-state index is 11.1. The number of aromatic carboxylic acids is 2. The second-order valence-corrected chi connectivity index (χ2v) is 4.37. The van der Waals surface area contributed by atoms with Crippen molar-refractivity contribution in [3.63, 3.8) is 0 Å². The maximum atomic E-state index is 11.1. The van der Waals surface area contributed by atoms with Crippen LogP contribution in [0.2, 0.25) is 0 Å².